The number of nitrogens with zero attached hydrogens (tertiary/aromatic N) is 1. The Morgan fingerprint density at radius 2 is 1.28 bits per heavy atom. The first-order valence-corrected chi connectivity index (χ1v) is 7.30. The summed E-state index contributed by atoms with van der Waals surface area (Å²) in [6, 6.07) is 0. The van der Waals surface area contributed by atoms with Gasteiger partial charge in [-0.15, -0.1) is 0 Å². The smallest absolute Gasteiger partial charge is 0.379 e. The van der Waals surface area contributed by atoms with Crippen LogP contribution in [0.4, 0.5) is 39.5 Å². The van der Waals surface area contributed by atoms with Crippen LogP contribution in [-0.4, -0.2) is 73.9 Å². The molecule has 1 aliphatic rings. The van der Waals surface area contributed by atoms with Gasteiger partial charge in [-0.2, -0.15) is 22.0 Å². The number of morpholine rings is 1. The van der Waals surface area contributed by atoms with Crippen molar-refractivity contribution < 1.29 is 49.0 Å². The highest BCUT2D eigenvalue weighted by Crippen LogP contribution is 2.40. The third-order valence-corrected chi connectivity index (χ3v) is 3.80. The van der Waals surface area contributed by atoms with E-state index in [1.54, 1.807) is 0 Å². The fourth-order valence-electron chi connectivity index (χ4n) is 2.15. The monoisotopic (exact) mass is 391 g/mol. The minimum Gasteiger partial charge on any atom is -0.379 e. The molecule has 1 fully saturated rings. The molecule has 0 radical (unpaired) electrons. The molecular weight excluding hydrogens is 373 g/mol. The van der Waals surface area contributed by atoms with Crippen LogP contribution in [0.25, 0.3) is 0 Å². The molecule has 0 N–H and O–H groups in total. The molecule has 0 aromatic rings. The van der Waals surface area contributed by atoms with E-state index in [1.165, 1.54) is 0 Å². The first-order valence-electron chi connectivity index (χ1n) is 7.30. The predicted octanol–water partition coefficient (Wildman–Crippen LogP) is 3.58. The summed E-state index contributed by atoms with van der Waals surface area (Å²) in [4.78, 5) is 0.694. The molecule has 0 amide bonds. The van der Waals surface area contributed by atoms with Gasteiger partial charge in [0.2, 0.25) is 6.30 Å². The highest BCUT2D eigenvalue weighted by molar-refractivity contribution is 4.91. The molecule has 1 rings (SSSR count). The highest BCUT2D eigenvalue weighted by Gasteiger charge is 2.61. The Morgan fingerprint density at radius 1 is 0.840 bits per heavy atom. The van der Waals surface area contributed by atoms with Crippen LogP contribution in [-0.2, 0) is 9.47 Å². The van der Waals surface area contributed by atoms with Crippen molar-refractivity contribution in [3.05, 3.63) is 0 Å². The second-order valence-electron chi connectivity index (χ2n) is 5.66. The second-order valence-corrected chi connectivity index (χ2v) is 5.66. The molecule has 1 aliphatic heterocycles. The molecule has 12 heteroatoms. The van der Waals surface area contributed by atoms with E-state index in [4.69, 9.17) is 4.74 Å². The van der Waals surface area contributed by atoms with Crippen LogP contribution in [0.1, 0.15) is 13.8 Å². The van der Waals surface area contributed by atoms with Crippen LogP contribution >= 0.6 is 0 Å². The Hall–Kier alpha value is -0.750. The minimum atomic E-state index is -5.90. The van der Waals surface area contributed by atoms with Gasteiger partial charge in [0, 0.05) is 13.1 Å². The Labute approximate surface area is 138 Å². The molecule has 25 heavy (non-hydrogen) atoms. The standard InChI is InChI=1S/C13H18F9NO2/c1-7(11(16,17)9(14)13(20,21)22)25-8(2)12(18,19)10(15)23-3-5-24-6-4-23/h7-10H,3-6H2,1-2H3. The van der Waals surface area contributed by atoms with Crippen LogP contribution in [0.15, 0.2) is 0 Å². The van der Waals surface area contributed by atoms with Gasteiger partial charge in [0.1, 0.15) is 12.2 Å². The van der Waals surface area contributed by atoms with Gasteiger partial charge < -0.3 is 9.47 Å². The fourth-order valence-corrected chi connectivity index (χ4v) is 2.15. The number of hydrogen-bond acceptors (Lipinski definition) is 3. The normalized spacial score (nSPS) is 23.2. The molecule has 1 saturated heterocycles. The molecule has 4 atom stereocenters. The number of halogens is 9. The van der Waals surface area contributed by atoms with E-state index >= 15 is 0 Å². The van der Waals surface area contributed by atoms with Crippen molar-refractivity contribution in [2.24, 2.45) is 0 Å². The summed E-state index contributed by atoms with van der Waals surface area (Å²) in [5.41, 5.74) is 0. The number of rotatable bonds is 7. The van der Waals surface area contributed by atoms with Crippen LogP contribution in [0.5, 0.6) is 0 Å². The molecule has 0 saturated carbocycles. The van der Waals surface area contributed by atoms with Crippen molar-refractivity contribution >= 4 is 0 Å². The van der Waals surface area contributed by atoms with Gasteiger partial charge in [0.25, 0.3) is 6.17 Å². The lowest BCUT2D eigenvalue weighted by Gasteiger charge is -2.37. The molecule has 4 unspecified atom stereocenters. The Balaban J connectivity index is 2.79. The van der Waals surface area contributed by atoms with Crippen molar-refractivity contribution in [3.8, 4) is 0 Å². The number of alkyl halides is 9. The first kappa shape index (κ1) is 22.3. The van der Waals surface area contributed by atoms with Gasteiger partial charge >= 0.3 is 18.0 Å². The summed E-state index contributed by atoms with van der Waals surface area (Å²) in [5.74, 6) is -9.43. The zero-order chi connectivity index (χ0) is 19.6. The Kier molecular flexibility index (Phi) is 7.01. The zero-order valence-electron chi connectivity index (χ0n) is 13.3. The summed E-state index contributed by atoms with van der Waals surface area (Å²) in [6.45, 7) is 0.434. The maximum atomic E-state index is 14.0. The van der Waals surface area contributed by atoms with E-state index in [0.29, 0.717) is 18.7 Å². The maximum Gasteiger partial charge on any atom is 0.425 e. The molecular formula is C13H18F9NO2. The van der Waals surface area contributed by atoms with Gasteiger partial charge in [-0.25, -0.2) is 17.6 Å². The maximum absolute atomic E-state index is 14.0. The summed E-state index contributed by atoms with van der Waals surface area (Å²) < 4.78 is 127. The number of hydrogen-bond donors (Lipinski definition) is 0. The number of ether oxygens (including phenoxy) is 2. The molecule has 3 nitrogen and oxygen atoms in total. The largest absolute Gasteiger partial charge is 0.425 e. The third-order valence-electron chi connectivity index (χ3n) is 3.80. The summed E-state index contributed by atoms with van der Waals surface area (Å²) in [5, 5.41) is 0. The molecule has 0 spiro atoms. The van der Waals surface area contributed by atoms with E-state index < -0.39 is 42.7 Å². The molecule has 1 heterocycles. The summed E-state index contributed by atoms with van der Waals surface area (Å²) in [7, 11) is 0. The SMILES string of the molecule is CC(OC(C)C(F)(F)C(F)C(F)(F)F)C(F)(F)C(F)N1CCOCC1. The first-order chi connectivity index (χ1) is 11.2. The minimum absolute atomic E-state index is 0.0185. The molecule has 0 aromatic heterocycles. The van der Waals surface area contributed by atoms with Gasteiger partial charge in [0.05, 0.1) is 13.2 Å². The van der Waals surface area contributed by atoms with Crippen molar-refractivity contribution in [2.75, 3.05) is 26.3 Å². The van der Waals surface area contributed by atoms with E-state index in [2.05, 4.69) is 4.74 Å². The van der Waals surface area contributed by atoms with E-state index in [0.717, 1.165) is 0 Å². The molecule has 0 bridgehead atoms. The van der Waals surface area contributed by atoms with Crippen LogP contribution in [0, 0.1) is 0 Å². The van der Waals surface area contributed by atoms with Crippen molar-refractivity contribution in [1.29, 1.82) is 0 Å². The third kappa shape index (κ3) is 5.13. The zero-order valence-corrected chi connectivity index (χ0v) is 13.3. The molecule has 150 valence electrons. The average molecular weight is 391 g/mol. The van der Waals surface area contributed by atoms with Crippen molar-refractivity contribution in [2.45, 2.75) is 56.5 Å². The van der Waals surface area contributed by atoms with Gasteiger partial charge in [-0.3, -0.25) is 4.90 Å². The predicted molar refractivity (Wildman–Crippen MR) is 68.1 cm³/mol. The van der Waals surface area contributed by atoms with E-state index in [1.807, 2.05) is 0 Å². The lowest BCUT2D eigenvalue weighted by Crippen LogP contribution is -2.56. The van der Waals surface area contributed by atoms with Gasteiger partial charge in [-0.05, 0) is 13.8 Å². The van der Waals surface area contributed by atoms with Crippen LogP contribution in [0.2, 0.25) is 0 Å². The molecule has 0 aromatic carbocycles. The lowest BCUT2D eigenvalue weighted by molar-refractivity contribution is -0.291. The van der Waals surface area contributed by atoms with Gasteiger partial charge in [-0.1, -0.05) is 0 Å². The van der Waals surface area contributed by atoms with Crippen LogP contribution < -0.4 is 0 Å². The lowest BCUT2D eigenvalue weighted by atomic mass is 10.1. The van der Waals surface area contributed by atoms with Gasteiger partial charge in [0.15, 0.2) is 0 Å². The van der Waals surface area contributed by atoms with Crippen molar-refractivity contribution in [1.82, 2.24) is 4.90 Å². The summed E-state index contributed by atoms with van der Waals surface area (Å²) >= 11 is 0. The fraction of sp³-hybridized carbons (Fsp3) is 1.00. The van der Waals surface area contributed by atoms with E-state index in [-0.39, 0.29) is 26.3 Å². The average Bonchev–Trinajstić information content (AvgIpc) is 2.52. The topological polar surface area (TPSA) is 21.7 Å². The Bertz CT molecular complexity index is 426. The van der Waals surface area contributed by atoms with Crippen LogP contribution in [0.3, 0.4) is 0 Å². The second kappa shape index (κ2) is 7.87. The summed E-state index contributed by atoms with van der Waals surface area (Å²) in [6.07, 6.45) is -18.8. The highest BCUT2D eigenvalue weighted by atomic mass is 19.4. The molecule has 0 aliphatic carbocycles. The Morgan fingerprint density at radius 3 is 1.72 bits per heavy atom. The quantitative estimate of drug-likeness (QED) is 0.489. The van der Waals surface area contributed by atoms with E-state index in [9.17, 15) is 39.5 Å². The van der Waals surface area contributed by atoms with Crippen molar-refractivity contribution in [3.63, 3.8) is 0 Å².